The number of ether oxygens (including phenoxy) is 1. The van der Waals surface area contributed by atoms with Crippen molar-refractivity contribution in [1.29, 1.82) is 0 Å². The van der Waals surface area contributed by atoms with Gasteiger partial charge in [-0.1, -0.05) is 18.2 Å². The van der Waals surface area contributed by atoms with Crippen molar-refractivity contribution in [3.63, 3.8) is 0 Å². The van der Waals surface area contributed by atoms with Gasteiger partial charge in [-0.05, 0) is 71.6 Å². The van der Waals surface area contributed by atoms with Crippen molar-refractivity contribution in [2.24, 2.45) is 0 Å². The lowest BCUT2D eigenvalue weighted by Crippen LogP contribution is -2.24. The molecule has 2 aromatic rings. The molecule has 1 aliphatic rings. The topological polar surface area (TPSA) is 21.3 Å². The van der Waals surface area contributed by atoms with Crippen LogP contribution in [0.15, 0.2) is 40.9 Å². The quantitative estimate of drug-likeness (QED) is 0.837. The van der Waals surface area contributed by atoms with Crippen LogP contribution >= 0.6 is 15.9 Å². The summed E-state index contributed by atoms with van der Waals surface area (Å²) in [5.74, 6) is 1.03. The average Bonchev–Trinajstić information content (AvgIpc) is 2.72. The van der Waals surface area contributed by atoms with E-state index in [2.05, 4.69) is 78.4 Å². The molecule has 0 radical (unpaired) electrons. The molecule has 3 rings (SSSR count). The summed E-state index contributed by atoms with van der Waals surface area (Å²) in [6.45, 7) is 7.19. The van der Waals surface area contributed by atoms with Crippen LogP contribution in [0.1, 0.15) is 30.5 Å². The van der Waals surface area contributed by atoms with Gasteiger partial charge in [0.1, 0.15) is 11.4 Å². The fourth-order valence-electron chi connectivity index (χ4n) is 2.74. The molecule has 0 aliphatic carbocycles. The zero-order valence-corrected chi connectivity index (χ0v) is 14.3. The number of rotatable bonds is 3. The Morgan fingerprint density at radius 2 is 2.00 bits per heavy atom. The number of benzene rings is 2. The average molecular weight is 346 g/mol. The van der Waals surface area contributed by atoms with Gasteiger partial charge in [-0.15, -0.1) is 0 Å². The fraction of sp³-hybridized carbons (Fsp3) is 0.333. The molecule has 0 amide bonds. The molecule has 0 atom stereocenters. The van der Waals surface area contributed by atoms with Gasteiger partial charge < -0.3 is 10.1 Å². The van der Waals surface area contributed by atoms with Crippen molar-refractivity contribution in [3.05, 3.63) is 57.6 Å². The van der Waals surface area contributed by atoms with Crippen molar-refractivity contribution in [2.45, 2.75) is 39.3 Å². The number of anilines is 1. The molecular weight excluding hydrogens is 326 g/mol. The Morgan fingerprint density at radius 1 is 1.19 bits per heavy atom. The Hall–Kier alpha value is -1.48. The number of nitrogens with one attached hydrogen (secondary N) is 1. The van der Waals surface area contributed by atoms with Crippen LogP contribution in [0.4, 0.5) is 5.69 Å². The summed E-state index contributed by atoms with van der Waals surface area (Å²) in [4.78, 5) is 0. The molecule has 110 valence electrons. The number of fused-ring (bicyclic) bond motifs is 1. The monoisotopic (exact) mass is 345 g/mol. The molecule has 1 aliphatic heterocycles. The molecule has 3 heteroatoms. The van der Waals surface area contributed by atoms with Gasteiger partial charge in [0.15, 0.2) is 0 Å². The van der Waals surface area contributed by atoms with E-state index in [-0.39, 0.29) is 5.60 Å². The minimum atomic E-state index is -0.0754. The van der Waals surface area contributed by atoms with Crippen LogP contribution in [0.25, 0.3) is 0 Å². The third kappa shape index (κ3) is 3.24. The molecule has 0 bridgehead atoms. The first-order valence-electron chi connectivity index (χ1n) is 7.24. The fourth-order valence-corrected chi connectivity index (χ4v) is 3.13. The molecule has 0 aromatic heterocycles. The first-order chi connectivity index (χ1) is 9.93. The predicted octanol–water partition coefficient (Wildman–Crippen LogP) is 5.08. The number of aryl methyl sites for hydroxylation is 1. The van der Waals surface area contributed by atoms with Crippen molar-refractivity contribution < 1.29 is 4.74 Å². The van der Waals surface area contributed by atoms with Crippen molar-refractivity contribution in [3.8, 4) is 5.75 Å². The van der Waals surface area contributed by atoms with Gasteiger partial charge in [0, 0.05) is 23.1 Å². The minimum Gasteiger partial charge on any atom is -0.487 e. The van der Waals surface area contributed by atoms with Crippen LogP contribution in [0.2, 0.25) is 0 Å². The van der Waals surface area contributed by atoms with E-state index >= 15 is 0 Å². The Labute approximate surface area is 134 Å². The highest BCUT2D eigenvalue weighted by Crippen LogP contribution is 2.35. The van der Waals surface area contributed by atoms with E-state index in [1.807, 2.05) is 0 Å². The van der Waals surface area contributed by atoms with Crippen LogP contribution in [0.3, 0.4) is 0 Å². The highest BCUT2D eigenvalue weighted by molar-refractivity contribution is 9.10. The molecule has 2 nitrogen and oxygen atoms in total. The Balaban J connectivity index is 1.74. The molecule has 21 heavy (non-hydrogen) atoms. The van der Waals surface area contributed by atoms with Crippen LogP contribution < -0.4 is 10.1 Å². The smallest absolute Gasteiger partial charge is 0.123 e. The molecular formula is C18H20BrNO. The van der Waals surface area contributed by atoms with Gasteiger partial charge in [-0.3, -0.25) is 0 Å². The lowest BCUT2D eigenvalue weighted by Gasteiger charge is -2.16. The zero-order chi connectivity index (χ0) is 15.0. The molecule has 1 N–H and O–H groups in total. The van der Waals surface area contributed by atoms with Gasteiger partial charge in [-0.2, -0.15) is 0 Å². The minimum absolute atomic E-state index is 0.0754. The third-order valence-corrected chi connectivity index (χ3v) is 4.42. The molecule has 0 saturated heterocycles. The summed E-state index contributed by atoms with van der Waals surface area (Å²) in [6, 6.07) is 12.8. The highest BCUT2D eigenvalue weighted by atomic mass is 79.9. The maximum atomic E-state index is 5.92. The van der Waals surface area contributed by atoms with Gasteiger partial charge >= 0.3 is 0 Å². The van der Waals surface area contributed by atoms with Crippen molar-refractivity contribution >= 4 is 21.6 Å². The van der Waals surface area contributed by atoms with E-state index in [9.17, 15) is 0 Å². The van der Waals surface area contributed by atoms with E-state index in [0.29, 0.717) is 0 Å². The summed E-state index contributed by atoms with van der Waals surface area (Å²) < 4.78 is 7.02. The largest absolute Gasteiger partial charge is 0.487 e. The molecule has 2 aromatic carbocycles. The van der Waals surface area contributed by atoms with E-state index in [1.165, 1.54) is 16.7 Å². The van der Waals surface area contributed by atoms with Crippen LogP contribution in [0, 0.1) is 6.92 Å². The Kier molecular flexibility index (Phi) is 3.70. The molecule has 0 unspecified atom stereocenters. The molecule has 0 fully saturated rings. The standard InChI is InChI=1S/C18H20BrNO/c1-12-4-6-15(19)16(8-12)20-11-13-5-7-17-14(9-13)10-18(2,3)21-17/h4-9,20H,10-11H2,1-3H3. The molecule has 0 saturated carbocycles. The summed E-state index contributed by atoms with van der Waals surface area (Å²) in [7, 11) is 0. The van der Waals surface area contributed by atoms with Crippen LogP contribution in [0.5, 0.6) is 5.75 Å². The van der Waals surface area contributed by atoms with Crippen molar-refractivity contribution in [2.75, 3.05) is 5.32 Å². The van der Waals surface area contributed by atoms with Gasteiger partial charge in [0.2, 0.25) is 0 Å². The Bertz CT molecular complexity index is 679. The van der Waals surface area contributed by atoms with Gasteiger partial charge in [-0.25, -0.2) is 0 Å². The predicted molar refractivity (Wildman–Crippen MR) is 91.1 cm³/mol. The maximum Gasteiger partial charge on any atom is 0.123 e. The zero-order valence-electron chi connectivity index (χ0n) is 12.7. The van der Waals surface area contributed by atoms with Crippen LogP contribution in [-0.2, 0) is 13.0 Å². The second-order valence-electron chi connectivity index (χ2n) is 6.32. The number of hydrogen-bond acceptors (Lipinski definition) is 2. The maximum absolute atomic E-state index is 5.92. The van der Waals surface area contributed by atoms with E-state index in [1.54, 1.807) is 0 Å². The lowest BCUT2D eigenvalue weighted by atomic mass is 10.0. The van der Waals surface area contributed by atoms with E-state index in [4.69, 9.17) is 4.74 Å². The molecule has 0 spiro atoms. The van der Waals surface area contributed by atoms with Gasteiger partial charge in [0.25, 0.3) is 0 Å². The second kappa shape index (κ2) is 5.38. The summed E-state index contributed by atoms with van der Waals surface area (Å²) in [5.41, 5.74) is 4.90. The summed E-state index contributed by atoms with van der Waals surface area (Å²) in [5, 5.41) is 3.49. The summed E-state index contributed by atoms with van der Waals surface area (Å²) in [6.07, 6.45) is 0.977. The van der Waals surface area contributed by atoms with Crippen LogP contribution in [-0.4, -0.2) is 5.60 Å². The first-order valence-corrected chi connectivity index (χ1v) is 8.03. The van der Waals surface area contributed by atoms with Crippen molar-refractivity contribution in [1.82, 2.24) is 0 Å². The Morgan fingerprint density at radius 3 is 2.81 bits per heavy atom. The van der Waals surface area contributed by atoms with E-state index < -0.39 is 0 Å². The molecule has 1 heterocycles. The third-order valence-electron chi connectivity index (χ3n) is 3.73. The number of halogens is 1. The lowest BCUT2D eigenvalue weighted by molar-refractivity contribution is 0.138. The van der Waals surface area contributed by atoms with Gasteiger partial charge in [0.05, 0.1) is 0 Å². The normalized spacial score (nSPS) is 15.4. The first kappa shape index (κ1) is 14.5. The highest BCUT2D eigenvalue weighted by Gasteiger charge is 2.29. The summed E-state index contributed by atoms with van der Waals surface area (Å²) >= 11 is 3.59. The van der Waals surface area contributed by atoms with E-state index in [0.717, 1.165) is 28.9 Å². The number of hydrogen-bond donors (Lipinski definition) is 1. The second-order valence-corrected chi connectivity index (χ2v) is 7.17. The SMILES string of the molecule is Cc1ccc(Br)c(NCc2ccc3c(c2)CC(C)(C)O3)c1.